The molecule has 1 rings (SSSR count). The normalized spacial score (nSPS) is 11.7. The highest BCUT2D eigenvalue weighted by atomic mass is 32.2. The van der Waals surface area contributed by atoms with Gasteiger partial charge in [-0.1, -0.05) is 19.4 Å². The van der Waals surface area contributed by atoms with Gasteiger partial charge in [0, 0.05) is 11.9 Å². The number of rotatable bonds is 2. The molecule has 0 aliphatic carbocycles. The average molecular weight is 285 g/mol. The third-order valence-corrected chi connectivity index (χ3v) is 2.48. The molecule has 0 amide bonds. The van der Waals surface area contributed by atoms with Crippen LogP contribution in [0.15, 0.2) is 18.3 Å². The lowest BCUT2D eigenvalue weighted by atomic mass is 10.1. The quantitative estimate of drug-likeness (QED) is 0.670. The fourth-order valence-corrected chi connectivity index (χ4v) is 1.02. The summed E-state index contributed by atoms with van der Waals surface area (Å²) in [6, 6.07) is 4.09. The van der Waals surface area contributed by atoms with E-state index in [4.69, 9.17) is 13.0 Å². The summed E-state index contributed by atoms with van der Waals surface area (Å²) in [7, 11) is -5.84. The molecule has 0 spiro atoms. The van der Waals surface area contributed by atoms with Crippen molar-refractivity contribution >= 4 is 10.1 Å². The Morgan fingerprint density at radius 1 is 1.39 bits per heavy atom. The van der Waals surface area contributed by atoms with Crippen molar-refractivity contribution in [1.82, 2.24) is 4.98 Å². The Morgan fingerprint density at radius 3 is 2.22 bits per heavy atom. The Hall–Kier alpha value is -1.15. The molecule has 1 aromatic rings. The van der Waals surface area contributed by atoms with Gasteiger partial charge in [0.2, 0.25) is 0 Å². The Morgan fingerprint density at radius 2 is 1.89 bits per heavy atom. The first-order valence-electron chi connectivity index (χ1n) is 5.03. The molecular formula is C10H14F3NO3S. The van der Waals surface area contributed by atoms with Crippen molar-refractivity contribution in [1.29, 1.82) is 0 Å². The maximum absolute atomic E-state index is 10.7. The SMILES string of the molecule is CCCc1ncccc1C.O=S(=O)(O)C(F)(F)F. The summed E-state index contributed by atoms with van der Waals surface area (Å²) in [5.41, 5.74) is -2.98. The maximum Gasteiger partial charge on any atom is 0.522 e. The van der Waals surface area contributed by atoms with E-state index in [9.17, 15) is 13.2 Å². The first-order valence-corrected chi connectivity index (χ1v) is 6.47. The number of nitrogens with zero attached hydrogens (tertiary/aromatic N) is 1. The minimum Gasteiger partial charge on any atom is -0.279 e. The standard InChI is InChI=1S/C9H13N.CHF3O3S/c1-3-5-9-8(2)6-4-7-10-9;2-1(3,4)8(5,6)7/h4,6-7H,3,5H2,1-2H3;(H,5,6,7). The third kappa shape index (κ3) is 5.97. The van der Waals surface area contributed by atoms with Crippen molar-refractivity contribution in [3.63, 3.8) is 0 Å². The molecule has 8 heteroatoms. The van der Waals surface area contributed by atoms with Gasteiger partial charge in [0.05, 0.1) is 0 Å². The molecule has 0 saturated carbocycles. The fourth-order valence-electron chi connectivity index (χ4n) is 1.02. The topological polar surface area (TPSA) is 67.3 Å². The first kappa shape index (κ1) is 16.9. The van der Waals surface area contributed by atoms with Crippen molar-refractivity contribution in [2.75, 3.05) is 0 Å². The minimum absolute atomic E-state index is 1.10. The number of alkyl halides is 3. The van der Waals surface area contributed by atoms with E-state index in [1.54, 1.807) is 0 Å². The molecule has 1 heterocycles. The van der Waals surface area contributed by atoms with Crippen LogP contribution in [-0.2, 0) is 16.5 Å². The van der Waals surface area contributed by atoms with E-state index in [0.29, 0.717) is 0 Å². The zero-order valence-electron chi connectivity index (χ0n) is 9.90. The molecule has 104 valence electrons. The number of hydrogen-bond donors (Lipinski definition) is 1. The Balaban J connectivity index is 0.000000331. The molecule has 1 N–H and O–H groups in total. The highest BCUT2D eigenvalue weighted by Gasteiger charge is 2.44. The molecule has 0 unspecified atom stereocenters. The smallest absolute Gasteiger partial charge is 0.279 e. The molecule has 1 aromatic heterocycles. The predicted octanol–water partition coefficient (Wildman–Crippen LogP) is 2.74. The van der Waals surface area contributed by atoms with E-state index in [2.05, 4.69) is 24.9 Å². The second kappa shape index (κ2) is 6.69. The van der Waals surface area contributed by atoms with Crippen LogP contribution in [0.4, 0.5) is 13.2 Å². The van der Waals surface area contributed by atoms with Crippen LogP contribution < -0.4 is 0 Å². The number of hydrogen-bond acceptors (Lipinski definition) is 3. The Bertz CT molecular complexity index is 472. The second-order valence-electron chi connectivity index (χ2n) is 3.44. The van der Waals surface area contributed by atoms with Crippen LogP contribution in [0.25, 0.3) is 0 Å². The summed E-state index contributed by atoms with van der Waals surface area (Å²) in [6.07, 6.45) is 4.14. The number of aryl methyl sites for hydroxylation is 2. The van der Waals surface area contributed by atoms with Crippen molar-refractivity contribution in [2.45, 2.75) is 32.2 Å². The molecule has 0 aliphatic heterocycles. The molecule has 0 aliphatic rings. The van der Waals surface area contributed by atoms with Crippen molar-refractivity contribution in [3.8, 4) is 0 Å². The lowest BCUT2D eigenvalue weighted by molar-refractivity contribution is -0.0510. The van der Waals surface area contributed by atoms with Crippen LogP contribution in [0.3, 0.4) is 0 Å². The summed E-state index contributed by atoms with van der Waals surface area (Å²) < 4.78 is 57.5. The van der Waals surface area contributed by atoms with Crippen molar-refractivity contribution in [3.05, 3.63) is 29.6 Å². The molecular weight excluding hydrogens is 271 g/mol. The second-order valence-corrected chi connectivity index (χ2v) is 4.85. The van der Waals surface area contributed by atoms with E-state index in [1.165, 1.54) is 17.7 Å². The van der Waals surface area contributed by atoms with E-state index in [1.807, 2.05) is 12.3 Å². The van der Waals surface area contributed by atoms with E-state index >= 15 is 0 Å². The highest BCUT2D eigenvalue weighted by Crippen LogP contribution is 2.20. The Kier molecular flexibility index (Phi) is 6.27. The lowest BCUT2D eigenvalue weighted by Gasteiger charge is -1.99. The zero-order chi connectivity index (χ0) is 14.4. The van der Waals surface area contributed by atoms with Gasteiger partial charge in [-0.15, -0.1) is 0 Å². The van der Waals surface area contributed by atoms with Gasteiger partial charge < -0.3 is 0 Å². The number of pyridine rings is 1. The van der Waals surface area contributed by atoms with E-state index in [0.717, 1.165) is 6.42 Å². The first-order chi connectivity index (χ1) is 8.09. The van der Waals surface area contributed by atoms with Crippen LogP contribution in [0.1, 0.15) is 24.6 Å². The average Bonchev–Trinajstić information content (AvgIpc) is 2.20. The third-order valence-electron chi connectivity index (χ3n) is 1.90. The van der Waals surface area contributed by atoms with Crippen molar-refractivity contribution < 1.29 is 26.1 Å². The lowest BCUT2D eigenvalue weighted by Crippen LogP contribution is -2.21. The molecule has 0 radical (unpaired) electrons. The fraction of sp³-hybridized carbons (Fsp3) is 0.500. The van der Waals surface area contributed by atoms with Gasteiger partial charge >= 0.3 is 15.6 Å². The van der Waals surface area contributed by atoms with E-state index in [-0.39, 0.29) is 0 Å². The molecule has 4 nitrogen and oxygen atoms in total. The summed E-state index contributed by atoms with van der Waals surface area (Å²) in [6.45, 7) is 4.28. The van der Waals surface area contributed by atoms with Gasteiger partial charge in [0.1, 0.15) is 0 Å². The summed E-state index contributed by atoms with van der Waals surface area (Å²) >= 11 is 0. The molecule has 18 heavy (non-hydrogen) atoms. The van der Waals surface area contributed by atoms with Gasteiger partial charge in [-0.05, 0) is 25.0 Å². The summed E-state index contributed by atoms with van der Waals surface area (Å²) in [5, 5.41) is 0. The van der Waals surface area contributed by atoms with Crippen LogP contribution in [0, 0.1) is 6.92 Å². The minimum atomic E-state index is -5.84. The van der Waals surface area contributed by atoms with Gasteiger partial charge in [0.15, 0.2) is 0 Å². The summed E-state index contributed by atoms with van der Waals surface area (Å²) in [5.74, 6) is 0. The maximum atomic E-state index is 10.7. The zero-order valence-corrected chi connectivity index (χ0v) is 10.7. The van der Waals surface area contributed by atoms with Crippen LogP contribution >= 0.6 is 0 Å². The van der Waals surface area contributed by atoms with Gasteiger partial charge in [-0.25, -0.2) is 0 Å². The van der Waals surface area contributed by atoms with Crippen LogP contribution in [-0.4, -0.2) is 23.5 Å². The molecule has 0 aromatic carbocycles. The highest BCUT2D eigenvalue weighted by molar-refractivity contribution is 7.86. The molecule has 0 saturated heterocycles. The van der Waals surface area contributed by atoms with E-state index < -0.39 is 15.6 Å². The van der Waals surface area contributed by atoms with Crippen LogP contribution in [0.2, 0.25) is 0 Å². The van der Waals surface area contributed by atoms with Crippen LogP contribution in [0.5, 0.6) is 0 Å². The van der Waals surface area contributed by atoms with Gasteiger partial charge in [-0.3, -0.25) is 9.54 Å². The largest absolute Gasteiger partial charge is 0.522 e. The molecule has 0 bridgehead atoms. The number of halogens is 3. The molecule has 0 atom stereocenters. The summed E-state index contributed by atoms with van der Waals surface area (Å²) in [4.78, 5) is 4.27. The number of aromatic nitrogens is 1. The monoisotopic (exact) mass is 285 g/mol. The molecule has 0 fully saturated rings. The Labute approximate surface area is 104 Å². The van der Waals surface area contributed by atoms with Gasteiger partial charge in [0.25, 0.3) is 0 Å². The van der Waals surface area contributed by atoms with Gasteiger partial charge in [-0.2, -0.15) is 21.6 Å². The predicted molar refractivity (Wildman–Crippen MR) is 60.6 cm³/mol. The van der Waals surface area contributed by atoms with Crippen molar-refractivity contribution in [2.24, 2.45) is 0 Å².